The maximum atomic E-state index is 13.3. The molecule has 3 aromatic rings. The van der Waals surface area contributed by atoms with Gasteiger partial charge in [0.2, 0.25) is 5.78 Å². The predicted molar refractivity (Wildman–Crippen MR) is 118 cm³/mol. The fraction of sp³-hybridized carbons (Fsp3) is 0.240. The standard InChI is InChI=1S/C25H24F3NO4/c1-17-8-10-20(11-9-17)24(30)23-14-21(25(26,27)28)15-29(23)12-4-6-19-5-3-7-22(13-19)33-18(2)16-32-31/h3-11,13-15,18,31H,12,16H2,1-2H3/t18-/m0/s1. The van der Waals surface area contributed by atoms with E-state index in [4.69, 9.17) is 9.99 Å². The average Bonchev–Trinajstić information content (AvgIpc) is 3.19. The average molecular weight is 459 g/mol. The van der Waals surface area contributed by atoms with E-state index in [-0.39, 0.29) is 24.9 Å². The van der Waals surface area contributed by atoms with Gasteiger partial charge >= 0.3 is 6.18 Å². The van der Waals surface area contributed by atoms with Gasteiger partial charge in [-0.25, -0.2) is 4.89 Å². The highest BCUT2D eigenvalue weighted by atomic mass is 19.4. The van der Waals surface area contributed by atoms with Crippen LogP contribution in [0.4, 0.5) is 13.2 Å². The molecule has 0 saturated carbocycles. The number of rotatable bonds is 9. The van der Waals surface area contributed by atoms with Crippen LogP contribution < -0.4 is 4.74 Å². The molecule has 0 aliphatic heterocycles. The molecule has 2 aromatic carbocycles. The second-order valence-corrected chi connectivity index (χ2v) is 7.66. The lowest BCUT2D eigenvalue weighted by Gasteiger charge is -2.13. The highest BCUT2D eigenvalue weighted by molar-refractivity contribution is 6.08. The Labute approximate surface area is 189 Å². The monoisotopic (exact) mass is 459 g/mol. The largest absolute Gasteiger partial charge is 0.488 e. The Hall–Kier alpha value is -3.36. The zero-order chi connectivity index (χ0) is 24.0. The SMILES string of the molecule is Cc1ccc(C(=O)c2cc(C(F)(F)F)cn2CC=Cc2cccc(O[C@@H](C)COO)c2)cc1. The summed E-state index contributed by atoms with van der Waals surface area (Å²) >= 11 is 0. The first-order valence-electron chi connectivity index (χ1n) is 10.3. The number of hydrogen-bond acceptors (Lipinski definition) is 4. The molecule has 0 spiro atoms. The van der Waals surface area contributed by atoms with Gasteiger partial charge in [-0.15, -0.1) is 0 Å². The number of aryl methyl sites for hydroxylation is 1. The number of alkyl halides is 3. The van der Waals surface area contributed by atoms with Gasteiger partial charge in [0.15, 0.2) is 0 Å². The molecule has 174 valence electrons. The number of nitrogens with zero attached hydrogens (tertiary/aromatic N) is 1. The minimum Gasteiger partial charge on any atom is -0.488 e. The highest BCUT2D eigenvalue weighted by Crippen LogP contribution is 2.31. The fourth-order valence-electron chi connectivity index (χ4n) is 3.22. The summed E-state index contributed by atoms with van der Waals surface area (Å²) in [7, 11) is 0. The summed E-state index contributed by atoms with van der Waals surface area (Å²) < 4.78 is 46.8. The minimum absolute atomic E-state index is 0.00697. The molecule has 1 N–H and O–H groups in total. The van der Waals surface area contributed by atoms with Gasteiger partial charge in [-0.1, -0.05) is 54.1 Å². The van der Waals surface area contributed by atoms with E-state index in [0.717, 1.165) is 23.4 Å². The zero-order valence-electron chi connectivity index (χ0n) is 18.2. The Kier molecular flexibility index (Phi) is 7.73. The van der Waals surface area contributed by atoms with Crippen molar-refractivity contribution in [1.29, 1.82) is 0 Å². The fourth-order valence-corrected chi connectivity index (χ4v) is 3.22. The lowest BCUT2D eigenvalue weighted by atomic mass is 10.1. The molecule has 0 radical (unpaired) electrons. The van der Waals surface area contributed by atoms with E-state index in [1.807, 2.05) is 13.0 Å². The Morgan fingerprint density at radius 3 is 2.55 bits per heavy atom. The van der Waals surface area contributed by atoms with E-state index in [1.165, 1.54) is 4.57 Å². The first kappa shape index (κ1) is 24.3. The second kappa shape index (κ2) is 10.5. The molecule has 8 heteroatoms. The van der Waals surface area contributed by atoms with Crippen LogP contribution in [0.25, 0.3) is 6.08 Å². The van der Waals surface area contributed by atoms with E-state index in [1.54, 1.807) is 61.5 Å². The normalized spacial score (nSPS) is 12.8. The third-order valence-corrected chi connectivity index (χ3v) is 4.89. The van der Waals surface area contributed by atoms with Crippen molar-refractivity contribution in [2.24, 2.45) is 0 Å². The summed E-state index contributed by atoms with van der Waals surface area (Å²) in [6.07, 6.45) is -0.580. The van der Waals surface area contributed by atoms with Gasteiger partial charge in [0.25, 0.3) is 0 Å². The number of benzene rings is 2. The molecule has 1 heterocycles. The van der Waals surface area contributed by atoms with Crippen molar-refractivity contribution in [2.75, 3.05) is 6.61 Å². The van der Waals surface area contributed by atoms with Crippen molar-refractivity contribution >= 4 is 11.9 Å². The molecule has 1 aromatic heterocycles. The van der Waals surface area contributed by atoms with E-state index >= 15 is 0 Å². The summed E-state index contributed by atoms with van der Waals surface area (Å²) in [5, 5.41) is 8.50. The quantitative estimate of drug-likeness (QED) is 0.242. The first-order chi connectivity index (χ1) is 15.7. The Morgan fingerprint density at radius 1 is 1.15 bits per heavy atom. The summed E-state index contributed by atoms with van der Waals surface area (Å²) in [5.41, 5.74) is 1.13. The minimum atomic E-state index is -4.56. The number of ketones is 1. The number of allylic oxidation sites excluding steroid dienone is 1. The molecule has 0 bridgehead atoms. The molecular formula is C25H24F3NO4. The highest BCUT2D eigenvalue weighted by Gasteiger charge is 2.33. The van der Waals surface area contributed by atoms with Gasteiger partial charge in [0.1, 0.15) is 18.5 Å². The molecular weight excluding hydrogens is 435 g/mol. The Morgan fingerprint density at radius 2 is 1.88 bits per heavy atom. The maximum absolute atomic E-state index is 13.3. The summed E-state index contributed by atoms with van der Waals surface area (Å²) in [6, 6.07) is 14.6. The zero-order valence-corrected chi connectivity index (χ0v) is 18.2. The van der Waals surface area contributed by atoms with Crippen LogP contribution in [0.3, 0.4) is 0 Å². The van der Waals surface area contributed by atoms with Crippen molar-refractivity contribution in [3.05, 3.63) is 94.8 Å². The Balaban J connectivity index is 1.81. The van der Waals surface area contributed by atoms with Gasteiger partial charge in [-0.05, 0) is 37.6 Å². The topological polar surface area (TPSA) is 60.7 Å². The summed E-state index contributed by atoms with van der Waals surface area (Å²) in [4.78, 5) is 17.0. The van der Waals surface area contributed by atoms with Crippen molar-refractivity contribution < 1.29 is 32.8 Å². The molecule has 0 aliphatic rings. The molecule has 0 saturated heterocycles. The first-order valence-corrected chi connectivity index (χ1v) is 10.3. The molecule has 3 rings (SSSR count). The molecule has 0 amide bonds. The molecule has 0 fully saturated rings. The van der Waals surface area contributed by atoms with Crippen molar-refractivity contribution in [1.82, 2.24) is 4.57 Å². The van der Waals surface area contributed by atoms with E-state index in [0.29, 0.717) is 11.3 Å². The van der Waals surface area contributed by atoms with E-state index < -0.39 is 17.5 Å². The van der Waals surface area contributed by atoms with Gasteiger partial charge in [-0.3, -0.25) is 10.1 Å². The van der Waals surface area contributed by atoms with Gasteiger partial charge in [0.05, 0.1) is 11.3 Å². The number of aromatic nitrogens is 1. The van der Waals surface area contributed by atoms with Crippen LogP contribution in [0.2, 0.25) is 0 Å². The third kappa shape index (κ3) is 6.57. The number of halogens is 3. The van der Waals surface area contributed by atoms with Crippen molar-refractivity contribution in [3.8, 4) is 5.75 Å². The second-order valence-electron chi connectivity index (χ2n) is 7.66. The number of hydrogen-bond donors (Lipinski definition) is 1. The smallest absolute Gasteiger partial charge is 0.417 e. The van der Waals surface area contributed by atoms with Gasteiger partial charge in [-0.2, -0.15) is 13.2 Å². The van der Waals surface area contributed by atoms with Crippen LogP contribution in [0.5, 0.6) is 5.75 Å². The van der Waals surface area contributed by atoms with Crippen LogP contribution in [0.1, 0.15) is 39.7 Å². The lowest BCUT2D eigenvalue weighted by molar-refractivity contribution is -0.253. The predicted octanol–water partition coefficient (Wildman–Crippen LogP) is 6.02. The van der Waals surface area contributed by atoms with Crippen LogP contribution >= 0.6 is 0 Å². The summed E-state index contributed by atoms with van der Waals surface area (Å²) in [6.45, 7) is 3.68. The molecule has 0 aliphatic carbocycles. The summed E-state index contributed by atoms with van der Waals surface area (Å²) in [5.74, 6) is 0.0756. The van der Waals surface area contributed by atoms with E-state index in [9.17, 15) is 18.0 Å². The molecule has 0 unspecified atom stereocenters. The van der Waals surface area contributed by atoms with Crippen LogP contribution in [0.15, 0.2) is 66.9 Å². The van der Waals surface area contributed by atoms with Crippen molar-refractivity contribution in [3.63, 3.8) is 0 Å². The Bertz CT molecular complexity index is 1120. The van der Waals surface area contributed by atoms with Crippen molar-refractivity contribution in [2.45, 2.75) is 32.7 Å². The van der Waals surface area contributed by atoms with Gasteiger partial charge < -0.3 is 9.30 Å². The molecule has 5 nitrogen and oxygen atoms in total. The number of ether oxygens (including phenoxy) is 1. The van der Waals surface area contributed by atoms with Crippen LogP contribution in [0, 0.1) is 6.92 Å². The third-order valence-electron chi connectivity index (χ3n) is 4.89. The number of carbonyl (C=O) groups is 1. The molecule has 33 heavy (non-hydrogen) atoms. The molecule has 1 atom stereocenters. The van der Waals surface area contributed by atoms with Gasteiger partial charge in [0, 0.05) is 18.3 Å². The maximum Gasteiger partial charge on any atom is 0.417 e. The number of carbonyl (C=O) groups excluding carboxylic acids is 1. The van der Waals surface area contributed by atoms with E-state index in [2.05, 4.69) is 4.89 Å². The van der Waals surface area contributed by atoms with Crippen LogP contribution in [-0.2, 0) is 17.6 Å². The lowest BCUT2D eigenvalue weighted by Crippen LogP contribution is -2.18. The van der Waals surface area contributed by atoms with Crippen LogP contribution in [-0.4, -0.2) is 28.3 Å².